The minimum Gasteiger partial charge on any atom is -0.324 e. The van der Waals surface area contributed by atoms with Gasteiger partial charge < -0.3 is 15.5 Å². The van der Waals surface area contributed by atoms with Gasteiger partial charge in [-0.1, -0.05) is 13.8 Å². The van der Waals surface area contributed by atoms with E-state index in [0.29, 0.717) is 5.54 Å². The van der Waals surface area contributed by atoms with Crippen LogP contribution < -0.4 is 5.73 Å². The van der Waals surface area contributed by atoms with Gasteiger partial charge in [0.2, 0.25) is 0 Å². The quantitative estimate of drug-likeness (QED) is 0.739. The van der Waals surface area contributed by atoms with Crippen LogP contribution in [0.4, 0.5) is 0 Å². The van der Waals surface area contributed by atoms with E-state index in [2.05, 4.69) is 44.8 Å². The van der Waals surface area contributed by atoms with Gasteiger partial charge in [0.05, 0.1) is 0 Å². The van der Waals surface area contributed by atoms with Crippen molar-refractivity contribution in [2.75, 3.05) is 34.2 Å². The fourth-order valence-electron chi connectivity index (χ4n) is 2.90. The summed E-state index contributed by atoms with van der Waals surface area (Å²) in [7, 11) is 6.64. The Labute approximate surface area is 107 Å². The van der Waals surface area contributed by atoms with Gasteiger partial charge in [0.15, 0.2) is 0 Å². The highest BCUT2D eigenvalue weighted by molar-refractivity contribution is 4.99. The number of hydrogen-bond acceptors (Lipinski definition) is 3. The highest BCUT2D eigenvalue weighted by Crippen LogP contribution is 2.36. The van der Waals surface area contributed by atoms with Crippen molar-refractivity contribution >= 4 is 0 Å². The Kier molecular flexibility index (Phi) is 4.99. The first-order valence-corrected chi connectivity index (χ1v) is 7.02. The fourth-order valence-corrected chi connectivity index (χ4v) is 2.90. The lowest BCUT2D eigenvalue weighted by Crippen LogP contribution is -2.59. The molecule has 0 bridgehead atoms. The van der Waals surface area contributed by atoms with Crippen LogP contribution in [0.3, 0.4) is 0 Å². The third kappa shape index (κ3) is 3.43. The Morgan fingerprint density at radius 2 is 1.65 bits per heavy atom. The minimum atomic E-state index is -0.00794. The molecule has 0 spiro atoms. The summed E-state index contributed by atoms with van der Waals surface area (Å²) in [5.74, 6) is 0. The monoisotopic (exact) mass is 241 g/mol. The largest absolute Gasteiger partial charge is 0.324 e. The Morgan fingerprint density at radius 1 is 1.12 bits per heavy atom. The van der Waals surface area contributed by atoms with E-state index in [9.17, 15) is 0 Å². The summed E-state index contributed by atoms with van der Waals surface area (Å²) in [6.45, 7) is 6.55. The van der Waals surface area contributed by atoms with Crippen LogP contribution in [0.25, 0.3) is 0 Å². The van der Waals surface area contributed by atoms with Crippen LogP contribution in [0.5, 0.6) is 0 Å². The maximum absolute atomic E-state index is 6.40. The zero-order valence-corrected chi connectivity index (χ0v) is 12.4. The van der Waals surface area contributed by atoms with Crippen molar-refractivity contribution in [3.05, 3.63) is 0 Å². The van der Waals surface area contributed by atoms with Gasteiger partial charge in [-0.25, -0.2) is 0 Å². The lowest BCUT2D eigenvalue weighted by atomic mass is 9.75. The van der Waals surface area contributed by atoms with Crippen LogP contribution in [0.1, 0.15) is 46.0 Å². The van der Waals surface area contributed by atoms with E-state index in [1.165, 1.54) is 19.3 Å². The number of nitrogens with two attached hydrogens (primary N) is 1. The first-order valence-electron chi connectivity index (χ1n) is 7.02. The Bertz CT molecular complexity index is 230. The Hall–Kier alpha value is -0.120. The third-order valence-electron chi connectivity index (χ3n) is 4.79. The number of rotatable bonds is 7. The second kappa shape index (κ2) is 5.68. The molecule has 1 aliphatic rings. The summed E-state index contributed by atoms with van der Waals surface area (Å²) in [4.78, 5) is 4.84. The second-order valence-corrected chi connectivity index (χ2v) is 6.21. The summed E-state index contributed by atoms with van der Waals surface area (Å²) in [6, 6.07) is 0. The number of likely N-dealkylation sites (N-methyl/N-ethyl adjacent to an activating group) is 2. The molecule has 3 heteroatoms. The predicted octanol–water partition coefficient (Wildman–Crippen LogP) is 1.92. The lowest BCUT2D eigenvalue weighted by molar-refractivity contribution is 0.0219. The van der Waals surface area contributed by atoms with E-state index in [1.807, 2.05) is 0 Å². The molecule has 17 heavy (non-hydrogen) atoms. The topological polar surface area (TPSA) is 32.5 Å². The van der Waals surface area contributed by atoms with Crippen molar-refractivity contribution in [3.63, 3.8) is 0 Å². The standard InChI is InChI=1S/C14H31N3/c1-6-13(15,7-2)11-17(5)12-14(16(3)4)9-8-10-14/h6-12,15H2,1-5H3. The molecule has 0 heterocycles. The van der Waals surface area contributed by atoms with Gasteiger partial charge in [-0.2, -0.15) is 0 Å². The zero-order chi connectivity index (χ0) is 13.1. The molecule has 1 aliphatic carbocycles. The van der Waals surface area contributed by atoms with Crippen LogP contribution in [0.2, 0.25) is 0 Å². The van der Waals surface area contributed by atoms with Gasteiger partial charge in [0.25, 0.3) is 0 Å². The van der Waals surface area contributed by atoms with Gasteiger partial charge >= 0.3 is 0 Å². The smallest absolute Gasteiger partial charge is 0.0330 e. The van der Waals surface area contributed by atoms with E-state index in [1.54, 1.807) is 0 Å². The average molecular weight is 241 g/mol. The molecule has 0 atom stereocenters. The highest BCUT2D eigenvalue weighted by Gasteiger charge is 2.40. The molecule has 102 valence electrons. The SMILES string of the molecule is CCC(N)(CC)CN(C)CC1(N(C)C)CCC1. The molecule has 0 unspecified atom stereocenters. The molecular formula is C14H31N3. The van der Waals surface area contributed by atoms with Crippen molar-refractivity contribution < 1.29 is 0 Å². The van der Waals surface area contributed by atoms with E-state index in [4.69, 9.17) is 5.73 Å². The van der Waals surface area contributed by atoms with Crippen molar-refractivity contribution in [2.24, 2.45) is 5.73 Å². The maximum Gasteiger partial charge on any atom is 0.0330 e. The van der Waals surface area contributed by atoms with Gasteiger partial charge in [0.1, 0.15) is 0 Å². The predicted molar refractivity (Wildman–Crippen MR) is 75.3 cm³/mol. The molecule has 0 saturated heterocycles. The molecule has 1 saturated carbocycles. The summed E-state index contributed by atoms with van der Waals surface area (Å²) in [5, 5.41) is 0. The molecule has 2 N–H and O–H groups in total. The van der Waals surface area contributed by atoms with Crippen LogP contribution in [0, 0.1) is 0 Å². The van der Waals surface area contributed by atoms with E-state index in [0.717, 1.165) is 25.9 Å². The first kappa shape index (κ1) is 14.9. The molecule has 3 nitrogen and oxygen atoms in total. The molecule has 0 aromatic rings. The molecule has 0 aliphatic heterocycles. The van der Waals surface area contributed by atoms with Crippen LogP contribution in [-0.2, 0) is 0 Å². The van der Waals surface area contributed by atoms with Gasteiger partial charge in [-0.3, -0.25) is 0 Å². The summed E-state index contributed by atoms with van der Waals surface area (Å²) in [6.07, 6.45) is 6.16. The van der Waals surface area contributed by atoms with Crippen molar-refractivity contribution in [1.82, 2.24) is 9.80 Å². The third-order valence-corrected chi connectivity index (χ3v) is 4.79. The molecule has 0 radical (unpaired) electrons. The van der Waals surface area contributed by atoms with Crippen molar-refractivity contribution in [3.8, 4) is 0 Å². The van der Waals surface area contributed by atoms with Crippen LogP contribution >= 0.6 is 0 Å². The molecule has 1 rings (SSSR count). The molecule has 0 aromatic carbocycles. The second-order valence-electron chi connectivity index (χ2n) is 6.21. The van der Waals surface area contributed by atoms with Gasteiger partial charge in [0, 0.05) is 24.2 Å². The summed E-state index contributed by atoms with van der Waals surface area (Å²) >= 11 is 0. The van der Waals surface area contributed by atoms with Crippen LogP contribution in [-0.4, -0.2) is 55.1 Å². The number of hydrogen-bond donors (Lipinski definition) is 1. The Morgan fingerprint density at radius 3 is 1.94 bits per heavy atom. The Balaban J connectivity index is 2.51. The summed E-state index contributed by atoms with van der Waals surface area (Å²) < 4.78 is 0. The maximum atomic E-state index is 6.40. The molecule has 0 amide bonds. The highest BCUT2D eigenvalue weighted by atomic mass is 15.2. The van der Waals surface area contributed by atoms with E-state index < -0.39 is 0 Å². The minimum absolute atomic E-state index is 0.00794. The van der Waals surface area contributed by atoms with Gasteiger partial charge in [-0.15, -0.1) is 0 Å². The average Bonchev–Trinajstić information content (AvgIpc) is 2.22. The first-order chi connectivity index (χ1) is 7.87. The number of nitrogens with zero attached hydrogens (tertiary/aromatic N) is 2. The van der Waals surface area contributed by atoms with E-state index in [-0.39, 0.29) is 5.54 Å². The van der Waals surface area contributed by atoms with Gasteiger partial charge in [-0.05, 0) is 53.2 Å². The fraction of sp³-hybridized carbons (Fsp3) is 1.00. The summed E-state index contributed by atoms with van der Waals surface area (Å²) in [5.41, 5.74) is 6.80. The van der Waals surface area contributed by atoms with Crippen LogP contribution in [0.15, 0.2) is 0 Å². The molecule has 0 aromatic heterocycles. The molecular weight excluding hydrogens is 210 g/mol. The van der Waals surface area contributed by atoms with Crippen molar-refractivity contribution in [2.45, 2.75) is 57.0 Å². The van der Waals surface area contributed by atoms with E-state index >= 15 is 0 Å². The molecule has 1 fully saturated rings. The lowest BCUT2D eigenvalue weighted by Gasteiger charge is -2.50. The normalized spacial score (nSPS) is 19.8. The van der Waals surface area contributed by atoms with Crippen molar-refractivity contribution in [1.29, 1.82) is 0 Å². The zero-order valence-electron chi connectivity index (χ0n) is 12.4.